The van der Waals surface area contributed by atoms with Crippen LogP contribution in [-0.4, -0.2) is 42.9 Å². The van der Waals surface area contributed by atoms with Crippen LogP contribution in [0.5, 0.6) is 0 Å². The van der Waals surface area contributed by atoms with Gasteiger partial charge in [-0.3, -0.25) is 9.48 Å². The Morgan fingerprint density at radius 1 is 1.62 bits per heavy atom. The SMILES string of the molecule is Cn1nccc1CCNC(=O)c1nn[nH]n1. The lowest BCUT2D eigenvalue weighted by Gasteiger charge is -2.02. The van der Waals surface area contributed by atoms with E-state index in [1.54, 1.807) is 10.9 Å². The maximum Gasteiger partial charge on any atom is 0.292 e. The Balaban J connectivity index is 1.81. The number of carbonyl (C=O) groups excluding carboxylic acids is 1. The van der Waals surface area contributed by atoms with E-state index in [1.807, 2.05) is 13.1 Å². The molecule has 0 saturated carbocycles. The van der Waals surface area contributed by atoms with Gasteiger partial charge in [0.25, 0.3) is 11.7 Å². The van der Waals surface area contributed by atoms with Crippen molar-refractivity contribution in [1.29, 1.82) is 0 Å². The summed E-state index contributed by atoms with van der Waals surface area (Å²) in [4.78, 5) is 11.4. The molecule has 0 aromatic carbocycles. The van der Waals surface area contributed by atoms with Gasteiger partial charge < -0.3 is 5.32 Å². The fourth-order valence-corrected chi connectivity index (χ4v) is 1.29. The first-order valence-corrected chi connectivity index (χ1v) is 4.76. The number of H-pyrrole nitrogens is 1. The molecule has 0 unspecified atom stereocenters. The number of nitrogens with one attached hydrogen (secondary N) is 2. The van der Waals surface area contributed by atoms with Crippen molar-refractivity contribution < 1.29 is 4.79 Å². The lowest BCUT2D eigenvalue weighted by atomic mass is 10.3. The minimum absolute atomic E-state index is 0.0463. The van der Waals surface area contributed by atoms with Gasteiger partial charge in [-0.05, 0) is 11.3 Å². The van der Waals surface area contributed by atoms with Crippen LogP contribution in [-0.2, 0) is 13.5 Å². The topological polar surface area (TPSA) is 101 Å². The zero-order chi connectivity index (χ0) is 11.4. The average molecular weight is 221 g/mol. The number of hydrogen-bond acceptors (Lipinski definition) is 5. The highest BCUT2D eigenvalue weighted by molar-refractivity contribution is 5.89. The zero-order valence-corrected chi connectivity index (χ0v) is 8.71. The predicted molar refractivity (Wildman–Crippen MR) is 53.4 cm³/mol. The molecule has 84 valence electrons. The lowest BCUT2D eigenvalue weighted by Crippen LogP contribution is -2.27. The van der Waals surface area contributed by atoms with Crippen LogP contribution in [0.25, 0.3) is 0 Å². The first-order chi connectivity index (χ1) is 7.77. The van der Waals surface area contributed by atoms with Gasteiger partial charge in [-0.2, -0.15) is 10.3 Å². The maximum atomic E-state index is 11.4. The summed E-state index contributed by atoms with van der Waals surface area (Å²) in [6.07, 6.45) is 2.43. The standard InChI is InChI=1S/C8H11N7O/c1-15-6(3-5-10-15)2-4-9-8(16)7-11-13-14-12-7/h3,5H,2,4H2,1H3,(H,9,16)(H,11,12,13,14). The van der Waals surface area contributed by atoms with Gasteiger partial charge in [0.1, 0.15) is 0 Å². The molecule has 0 fully saturated rings. The van der Waals surface area contributed by atoms with E-state index in [1.165, 1.54) is 0 Å². The third kappa shape index (κ3) is 2.22. The molecule has 0 radical (unpaired) electrons. The molecule has 0 aliphatic heterocycles. The molecule has 2 aromatic heterocycles. The molecule has 1 amide bonds. The second-order valence-electron chi connectivity index (χ2n) is 3.19. The smallest absolute Gasteiger partial charge is 0.292 e. The molecule has 0 spiro atoms. The maximum absolute atomic E-state index is 11.4. The summed E-state index contributed by atoms with van der Waals surface area (Å²) in [6.45, 7) is 0.507. The van der Waals surface area contributed by atoms with Gasteiger partial charge >= 0.3 is 0 Å². The quantitative estimate of drug-likeness (QED) is 0.682. The van der Waals surface area contributed by atoms with Crippen molar-refractivity contribution >= 4 is 5.91 Å². The second-order valence-corrected chi connectivity index (χ2v) is 3.19. The van der Waals surface area contributed by atoms with Crippen molar-refractivity contribution in [2.75, 3.05) is 6.54 Å². The van der Waals surface area contributed by atoms with Gasteiger partial charge in [-0.1, -0.05) is 0 Å². The molecule has 2 N–H and O–H groups in total. The Morgan fingerprint density at radius 2 is 2.50 bits per heavy atom. The summed E-state index contributed by atoms with van der Waals surface area (Å²) in [5.74, 6) is -0.291. The van der Waals surface area contributed by atoms with Crippen molar-refractivity contribution in [3.8, 4) is 0 Å². The van der Waals surface area contributed by atoms with Gasteiger partial charge in [0, 0.05) is 31.9 Å². The Hall–Kier alpha value is -2.25. The van der Waals surface area contributed by atoms with Gasteiger partial charge in [0.05, 0.1) is 0 Å². The third-order valence-corrected chi connectivity index (χ3v) is 2.14. The van der Waals surface area contributed by atoms with Crippen LogP contribution in [0, 0.1) is 0 Å². The van der Waals surface area contributed by atoms with Crippen LogP contribution >= 0.6 is 0 Å². The van der Waals surface area contributed by atoms with E-state index < -0.39 is 0 Å². The minimum Gasteiger partial charge on any atom is -0.349 e. The predicted octanol–water partition coefficient (Wildman–Crippen LogP) is -1.09. The third-order valence-electron chi connectivity index (χ3n) is 2.14. The van der Waals surface area contributed by atoms with E-state index in [4.69, 9.17) is 0 Å². The highest BCUT2D eigenvalue weighted by atomic mass is 16.2. The summed E-state index contributed by atoms with van der Waals surface area (Å²) >= 11 is 0. The first kappa shape index (κ1) is 10.3. The monoisotopic (exact) mass is 221 g/mol. The molecule has 8 nitrogen and oxygen atoms in total. The van der Waals surface area contributed by atoms with E-state index in [0.717, 1.165) is 5.69 Å². The van der Waals surface area contributed by atoms with E-state index in [2.05, 4.69) is 31.0 Å². The molecule has 2 rings (SSSR count). The van der Waals surface area contributed by atoms with Gasteiger partial charge in [0.15, 0.2) is 0 Å². The van der Waals surface area contributed by atoms with Gasteiger partial charge in [-0.15, -0.1) is 10.2 Å². The number of amides is 1. The normalized spacial score (nSPS) is 10.3. The molecule has 0 aliphatic carbocycles. The highest BCUT2D eigenvalue weighted by Gasteiger charge is 2.09. The molecule has 2 heterocycles. The summed E-state index contributed by atoms with van der Waals surface area (Å²) in [6, 6.07) is 1.90. The Labute approximate surface area is 91.0 Å². The number of nitrogens with zero attached hydrogens (tertiary/aromatic N) is 5. The number of aromatic amines is 1. The van der Waals surface area contributed by atoms with E-state index in [9.17, 15) is 4.79 Å². The zero-order valence-electron chi connectivity index (χ0n) is 8.71. The number of rotatable bonds is 4. The van der Waals surface area contributed by atoms with Crippen LogP contribution in [0.4, 0.5) is 0 Å². The van der Waals surface area contributed by atoms with Gasteiger partial charge in [0.2, 0.25) is 0 Å². The summed E-state index contributed by atoms with van der Waals surface area (Å²) in [5.41, 5.74) is 1.05. The largest absolute Gasteiger partial charge is 0.349 e. The Kier molecular flexibility index (Phi) is 2.90. The molecule has 2 aromatic rings. The summed E-state index contributed by atoms with van der Waals surface area (Å²) in [7, 11) is 1.86. The number of aromatic nitrogens is 6. The highest BCUT2D eigenvalue weighted by Crippen LogP contribution is 1.96. The number of aryl methyl sites for hydroxylation is 1. The molecule has 8 heteroatoms. The van der Waals surface area contributed by atoms with E-state index >= 15 is 0 Å². The number of carbonyl (C=O) groups is 1. The fourth-order valence-electron chi connectivity index (χ4n) is 1.29. The molecule has 0 aliphatic rings. The molecule has 16 heavy (non-hydrogen) atoms. The van der Waals surface area contributed by atoms with Crippen LogP contribution in [0.1, 0.15) is 16.3 Å². The van der Waals surface area contributed by atoms with Crippen molar-refractivity contribution in [3.05, 3.63) is 23.8 Å². The molecule has 0 atom stereocenters. The molecule has 0 bridgehead atoms. The van der Waals surface area contributed by atoms with Crippen LogP contribution in [0.3, 0.4) is 0 Å². The fraction of sp³-hybridized carbons (Fsp3) is 0.375. The van der Waals surface area contributed by atoms with Crippen molar-refractivity contribution in [3.63, 3.8) is 0 Å². The number of tetrazole rings is 1. The summed E-state index contributed by atoms with van der Waals surface area (Å²) < 4.78 is 1.76. The van der Waals surface area contributed by atoms with Crippen LogP contribution in [0.15, 0.2) is 12.3 Å². The van der Waals surface area contributed by atoms with Crippen molar-refractivity contribution in [2.24, 2.45) is 7.05 Å². The van der Waals surface area contributed by atoms with Crippen molar-refractivity contribution in [1.82, 2.24) is 35.7 Å². The summed E-state index contributed by atoms with van der Waals surface area (Å²) in [5, 5.41) is 19.4. The first-order valence-electron chi connectivity index (χ1n) is 4.76. The molecular weight excluding hydrogens is 210 g/mol. The second kappa shape index (κ2) is 4.51. The molecule has 0 saturated heterocycles. The van der Waals surface area contributed by atoms with Crippen LogP contribution in [0.2, 0.25) is 0 Å². The van der Waals surface area contributed by atoms with Crippen molar-refractivity contribution in [2.45, 2.75) is 6.42 Å². The molecular formula is C8H11N7O. The van der Waals surface area contributed by atoms with E-state index in [-0.39, 0.29) is 11.7 Å². The lowest BCUT2D eigenvalue weighted by molar-refractivity contribution is 0.0943. The Morgan fingerprint density at radius 3 is 3.12 bits per heavy atom. The van der Waals surface area contributed by atoms with Crippen LogP contribution < -0.4 is 5.32 Å². The average Bonchev–Trinajstić information content (AvgIpc) is 2.90. The van der Waals surface area contributed by atoms with E-state index in [0.29, 0.717) is 13.0 Å². The Bertz CT molecular complexity index is 460. The van der Waals surface area contributed by atoms with Gasteiger partial charge in [-0.25, -0.2) is 0 Å². The number of hydrogen-bond donors (Lipinski definition) is 2. The minimum atomic E-state index is -0.337.